The summed E-state index contributed by atoms with van der Waals surface area (Å²) in [6.45, 7) is -0.317. The van der Waals surface area contributed by atoms with Crippen LogP contribution in [0, 0.1) is 0 Å². The van der Waals surface area contributed by atoms with E-state index in [2.05, 4.69) is 10.1 Å². The Morgan fingerprint density at radius 1 is 0.977 bits per heavy atom. The molecule has 0 aliphatic rings. The topological polar surface area (TPSA) is 128 Å². The fourth-order valence-electron chi connectivity index (χ4n) is 4.37. The van der Waals surface area contributed by atoms with Gasteiger partial charge in [0.2, 0.25) is 0 Å². The minimum atomic E-state index is -4.93. The third-order valence-corrected chi connectivity index (χ3v) is 6.48. The van der Waals surface area contributed by atoms with Crippen LogP contribution in [-0.2, 0) is 4.79 Å². The number of ether oxygens (including phenoxy) is 4. The van der Waals surface area contributed by atoms with E-state index in [1.54, 1.807) is 30.3 Å². The average molecular weight is 637 g/mol. The molecule has 10 nitrogen and oxygen atoms in total. The Bertz CT molecular complexity index is 1630. The maximum atomic E-state index is 14.2. The minimum Gasteiger partial charge on any atom is -0.497 e. The Morgan fingerprint density at radius 2 is 1.75 bits per heavy atom. The van der Waals surface area contributed by atoms with E-state index >= 15 is 0 Å². The van der Waals surface area contributed by atoms with E-state index in [0.717, 1.165) is 12.1 Å². The van der Waals surface area contributed by atoms with E-state index in [4.69, 9.17) is 30.9 Å². The molecule has 0 amide bonds. The number of aromatic nitrogens is 1. The molecule has 234 valence electrons. The van der Waals surface area contributed by atoms with Crippen molar-refractivity contribution in [3.63, 3.8) is 0 Å². The number of carboxylic acid groups (broad SMARTS) is 1. The van der Waals surface area contributed by atoms with Gasteiger partial charge in [0.25, 0.3) is 5.91 Å². The highest BCUT2D eigenvalue weighted by Crippen LogP contribution is 2.36. The summed E-state index contributed by atoms with van der Waals surface area (Å²) in [5, 5.41) is 22.2. The van der Waals surface area contributed by atoms with E-state index < -0.39 is 30.0 Å². The van der Waals surface area contributed by atoms with Crippen LogP contribution in [-0.4, -0.2) is 59.9 Å². The number of anilines is 1. The van der Waals surface area contributed by atoms with Gasteiger partial charge in [-0.3, -0.25) is 14.2 Å². The molecule has 0 radical (unpaired) electrons. The summed E-state index contributed by atoms with van der Waals surface area (Å²) in [6, 6.07) is 13.3. The number of hydrogen-bond donors (Lipinski definition) is 3. The van der Waals surface area contributed by atoms with Crippen LogP contribution < -0.4 is 24.3 Å². The SMILES string of the molecule is COc1cc(NC(C(=O)n2ccc3ccc(OC(F)(F)F)cc32)c2ccc(Cl)cc2OCCO)cc(OCCCC(=O)O)c1. The number of carboxylic acids is 1. The largest absolute Gasteiger partial charge is 0.573 e. The number of aliphatic carboxylic acids is 1. The number of carbonyl (C=O) groups excluding carboxylic acids is 1. The molecule has 0 aliphatic heterocycles. The first kappa shape index (κ1) is 32.3. The van der Waals surface area contributed by atoms with Gasteiger partial charge in [-0.05, 0) is 36.8 Å². The first-order valence-corrected chi connectivity index (χ1v) is 13.6. The van der Waals surface area contributed by atoms with Crippen molar-refractivity contribution in [2.75, 3.05) is 32.2 Å². The lowest BCUT2D eigenvalue weighted by Gasteiger charge is -2.23. The van der Waals surface area contributed by atoms with Crippen molar-refractivity contribution in [1.29, 1.82) is 0 Å². The summed E-state index contributed by atoms with van der Waals surface area (Å²) in [6.07, 6.45) is -3.33. The predicted molar refractivity (Wildman–Crippen MR) is 155 cm³/mol. The molecule has 44 heavy (non-hydrogen) atoms. The highest BCUT2D eigenvalue weighted by molar-refractivity contribution is 6.30. The molecule has 1 unspecified atom stereocenters. The number of halogens is 4. The summed E-state index contributed by atoms with van der Waals surface area (Å²) < 4.78 is 60.8. The minimum absolute atomic E-state index is 0.0839. The number of rotatable bonds is 14. The molecule has 0 aliphatic carbocycles. The molecule has 4 aromatic rings. The summed E-state index contributed by atoms with van der Waals surface area (Å²) in [5.41, 5.74) is 0.823. The van der Waals surface area contributed by atoms with Crippen LogP contribution >= 0.6 is 11.6 Å². The molecule has 0 spiro atoms. The second-order valence-corrected chi connectivity index (χ2v) is 9.80. The number of fused-ring (bicyclic) bond motifs is 1. The van der Waals surface area contributed by atoms with Crippen LogP contribution in [0.4, 0.5) is 18.9 Å². The van der Waals surface area contributed by atoms with Crippen molar-refractivity contribution in [2.24, 2.45) is 0 Å². The Labute approximate surface area is 254 Å². The highest BCUT2D eigenvalue weighted by atomic mass is 35.5. The summed E-state index contributed by atoms with van der Waals surface area (Å²) >= 11 is 6.20. The maximum Gasteiger partial charge on any atom is 0.573 e. The second-order valence-electron chi connectivity index (χ2n) is 9.37. The van der Waals surface area contributed by atoms with Gasteiger partial charge in [-0.25, -0.2) is 0 Å². The number of nitrogens with one attached hydrogen (secondary N) is 1. The molecule has 0 fully saturated rings. The lowest BCUT2D eigenvalue weighted by Crippen LogP contribution is -2.27. The molecular weight excluding hydrogens is 609 g/mol. The quantitative estimate of drug-likeness (QED) is 0.136. The Balaban J connectivity index is 1.77. The molecule has 0 saturated heterocycles. The van der Waals surface area contributed by atoms with Crippen LogP contribution in [0.15, 0.2) is 66.9 Å². The molecule has 0 saturated carbocycles. The Kier molecular flexibility index (Phi) is 10.4. The zero-order valence-corrected chi connectivity index (χ0v) is 24.0. The van der Waals surface area contributed by atoms with Crippen molar-refractivity contribution in [3.8, 4) is 23.0 Å². The first-order valence-electron chi connectivity index (χ1n) is 13.2. The van der Waals surface area contributed by atoms with Gasteiger partial charge in [0.05, 0.1) is 25.8 Å². The molecule has 4 rings (SSSR count). The van der Waals surface area contributed by atoms with Crippen LogP contribution in [0.25, 0.3) is 10.9 Å². The third kappa shape index (κ3) is 8.48. The van der Waals surface area contributed by atoms with Gasteiger partial charge < -0.3 is 34.5 Å². The zero-order chi connectivity index (χ0) is 31.9. The average Bonchev–Trinajstić information content (AvgIpc) is 3.39. The summed E-state index contributed by atoms with van der Waals surface area (Å²) in [4.78, 5) is 25.1. The molecule has 0 bridgehead atoms. The number of aliphatic hydroxyl groups excluding tert-OH is 1. The lowest BCUT2D eigenvalue weighted by molar-refractivity contribution is -0.274. The zero-order valence-electron chi connectivity index (χ0n) is 23.3. The van der Waals surface area contributed by atoms with Crippen molar-refractivity contribution in [3.05, 3.63) is 77.4 Å². The predicted octanol–water partition coefficient (Wildman–Crippen LogP) is 6.31. The van der Waals surface area contributed by atoms with Gasteiger partial charge in [0.1, 0.15) is 35.6 Å². The number of aliphatic hydroxyl groups is 1. The van der Waals surface area contributed by atoms with Crippen molar-refractivity contribution in [1.82, 2.24) is 4.57 Å². The van der Waals surface area contributed by atoms with E-state index in [1.165, 1.54) is 36.1 Å². The van der Waals surface area contributed by atoms with Gasteiger partial charge in [-0.15, -0.1) is 13.2 Å². The van der Waals surface area contributed by atoms with Crippen LogP contribution in [0.3, 0.4) is 0 Å². The highest BCUT2D eigenvalue weighted by Gasteiger charge is 2.32. The maximum absolute atomic E-state index is 14.2. The lowest BCUT2D eigenvalue weighted by atomic mass is 10.0. The van der Waals surface area contributed by atoms with Crippen LogP contribution in [0.5, 0.6) is 23.0 Å². The van der Waals surface area contributed by atoms with Crippen LogP contribution in [0.1, 0.15) is 29.2 Å². The van der Waals surface area contributed by atoms with Crippen LogP contribution in [0.2, 0.25) is 5.02 Å². The number of nitrogens with zero attached hydrogens (tertiary/aromatic N) is 1. The van der Waals surface area contributed by atoms with E-state index in [1.807, 2.05) is 0 Å². The molecule has 3 aromatic carbocycles. The Hall–Kier alpha value is -4.62. The first-order chi connectivity index (χ1) is 21.0. The van der Waals surface area contributed by atoms with E-state index in [-0.39, 0.29) is 43.9 Å². The van der Waals surface area contributed by atoms with E-state index in [0.29, 0.717) is 33.2 Å². The van der Waals surface area contributed by atoms with Gasteiger partial charge >= 0.3 is 12.3 Å². The Morgan fingerprint density at radius 3 is 2.45 bits per heavy atom. The molecular formula is C30H28ClF3N2O8. The van der Waals surface area contributed by atoms with Crippen molar-refractivity contribution in [2.45, 2.75) is 25.2 Å². The fourth-order valence-corrected chi connectivity index (χ4v) is 4.53. The fraction of sp³-hybridized carbons (Fsp3) is 0.267. The number of carbonyl (C=O) groups is 2. The normalized spacial score (nSPS) is 12.0. The van der Waals surface area contributed by atoms with Gasteiger partial charge in [-0.1, -0.05) is 17.7 Å². The summed E-state index contributed by atoms with van der Waals surface area (Å²) in [5.74, 6) is -1.19. The standard InChI is InChI=1S/C30H28ClF3N2O8/c1-41-22-14-20(15-23(16-22)42-11-2-3-27(38)39)35-28(24-7-5-19(31)13-26(24)43-12-10-37)29(40)36-9-8-18-4-6-21(17-25(18)36)44-30(32,33)34/h4-9,13-17,28,35,37H,2-3,10-12H2,1H3,(H,38,39). The van der Waals surface area contributed by atoms with Gasteiger partial charge in [0.15, 0.2) is 0 Å². The second kappa shape index (κ2) is 14.2. The summed E-state index contributed by atoms with van der Waals surface area (Å²) in [7, 11) is 1.43. The third-order valence-electron chi connectivity index (χ3n) is 6.25. The smallest absolute Gasteiger partial charge is 0.497 e. The number of methoxy groups -OCH3 is 1. The monoisotopic (exact) mass is 636 g/mol. The van der Waals surface area contributed by atoms with Crippen molar-refractivity contribution >= 4 is 40.1 Å². The molecule has 1 heterocycles. The number of hydrogen-bond acceptors (Lipinski definition) is 8. The van der Waals surface area contributed by atoms with Gasteiger partial charge in [-0.2, -0.15) is 0 Å². The molecule has 3 N–H and O–H groups in total. The van der Waals surface area contributed by atoms with E-state index in [9.17, 15) is 27.9 Å². The molecule has 14 heteroatoms. The van der Waals surface area contributed by atoms with Gasteiger partial charge in [0, 0.05) is 58.5 Å². The number of alkyl halides is 3. The van der Waals surface area contributed by atoms with Crippen molar-refractivity contribution < 1.29 is 51.9 Å². The molecule has 1 atom stereocenters. The number of benzene rings is 3. The molecule has 1 aromatic heterocycles.